The van der Waals surface area contributed by atoms with Gasteiger partial charge >= 0.3 is 0 Å². The first-order valence-electron chi connectivity index (χ1n) is 9.64. The van der Waals surface area contributed by atoms with Gasteiger partial charge in [0, 0.05) is 36.0 Å². The van der Waals surface area contributed by atoms with Gasteiger partial charge in [0.2, 0.25) is 5.91 Å². The van der Waals surface area contributed by atoms with Gasteiger partial charge in [-0.1, -0.05) is 44.2 Å². The smallest absolute Gasteiger partial charge is 0.220 e. The van der Waals surface area contributed by atoms with Crippen LogP contribution in [0.5, 0.6) is 5.75 Å². The van der Waals surface area contributed by atoms with Gasteiger partial charge in [0.05, 0.1) is 6.61 Å². The van der Waals surface area contributed by atoms with Crippen molar-refractivity contribution in [2.45, 2.75) is 33.1 Å². The number of H-pyrrole nitrogens is 1. The number of aromatic nitrogens is 1. The van der Waals surface area contributed by atoms with Gasteiger partial charge in [-0.25, -0.2) is 0 Å². The first kappa shape index (κ1) is 19.0. The van der Waals surface area contributed by atoms with Crippen molar-refractivity contribution in [3.63, 3.8) is 0 Å². The number of rotatable bonds is 8. The van der Waals surface area contributed by atoms with Crippen molar-refractivity contribution in [1.82, 2.24) is 10.3 Å². The van der Waals surface area contributed by atoms with Crippen LogP contribution in [0, 0.1) is 5.92 Å². The lowest BCUT2D eigenvalue weighted by Gasteiger charge is -2.18. The largest absolute Gasteiger partial charge is 0.494 e. The highest BCUT2D eigenvalue weighted by atomic mass is 16.5. The van der Waals surface area contributed by atoms with Crippen molar-refractivity contribution in [2.75, 3.05) is 13.2 Å². The Labute approximate surface area is 160 Å². The van der Waals surface area contributed by atoms with Crippen LogP contribution in [0.1, 0.15) is 44.2 Å². The van der Waals surface area contributed by atoms with Crippen LogP contribution in [-0.2, 0) is 4.79 Å². The first-order valence-corrected chi connectivity index (χ1v) is 9.64. The fourth-order valence-electron chi connectivity index (χ4n) is 3.33. The molecule has 1 heterocycles. The number of fused-ring (bicyclic) bond motifs is 1. The highest BCUT2D eigenvalue weighted by Crippen LogP contribution is 2.34. The van der Waals surface area contributed by atoms with E-state index in [9.17, 15) is 4.79 Å². The third kappa shape index (κ3) is 4.70. The quantitative estimate of drug-likeness (QED) is 0.600. The molecule has 0 saturated heterocycles. The molecule has 2 aromatic carbocycles. The van der Waals surface area contributed by atoms with Crippen molar-refractivity contribution in [3.05, 3.63) is 65.9 Å². The Hall–Kier alpha value is -2.75. The number of carbonyl (C=O) groups is 1. The summed E-state index contributed by atoms with van der Waals surface area (Å²) in [6, 6.07) is 16.3. The standard InChI is InChI=1S/C23H28N2O2/c1-4-27-18-11-9-17(10-12-18)20(13-23(26)25-14-16(2)3)21-15-24-22-8-6-5-7-19(21)22/h5-12,15-16,20,24H,4,13-14H2,1-3H3,(H,25,26)/t20-/m0/s1. The molecule has 0 aliphatic heterocycles. The van der Waals surface area contributed by atoms with Crippen LogP contribution in [0.4, 0.5) is 0 Å². The minimum absolute atomic E-state index is 0.0102. The van der Waals surface area contributed by atoms with Crippen molar-refractivity contribution < 1.29 is 9.53 Å². The number of para-hydroxylation sites is 1. The predicted molar refractivity (Wildman–Crippen MR) is 110 cm³/mol. The summed E-state index contributed by atoms with van der Waals surface area (Å²) in [5.74, 6) is 1.35. The van der Waals surface area contributed by atoms with Crippen LogP contribution in [0.15, 0.2) is 54.7 Å². The van der Waals surface area contributed by atoms with Crippen molar-refractivity contribution in [3.8, 4) is 5.75 Å². The predicted octanol–water partition coefficient (Wildman–Crippen LogP) is 4.86. The second kappa shape index (κ2) is 8.76. The van der Waals surface area contributed by atoms with E-state index in [4.69, 9.17) is 4.74 Å². The molecule has 0 saturated carbocycles. The number of carbonyl (C=O) groups excluding carboxylic acids is 1. The molecule has 4 heteroatoms. The summed E-state index contributed by atoms with van der Waals surface area (Å²) in [5.41, 5.74) is 3.35. The summed E-state index contributed by atoms with van der Waals surface area (Å²) in [4.78, 5) is 15.9. The van der Waals surface area contributed by atoms with Crippen LogP contribution in [-0.4, -0.2) is 24.0 Å². The maximum atomic E-state index is 12.6. The van der Waals surface area contributed by atoms with E-state index in [1.165, 1.54) is 0 Å². The van der Waals surface area contributed by atoms with Crippen molar-refractivity contribution in [1.29, 1.82) is 0 Å². The third-order valence-corrected chi connectivity index (χ3v) is 4.69. The van der Waals surface area contributed by atoms with Crippen LogP contribution < -0.4 is 10.1 Å². The summed E-state index contributed by atoms with van der Waals surface area (Å²) in [7, 11) is 0. The Balaban J connectivity index is 1.92. The SMILES string of the molecule is CCOc1ccc([C@H](CC(=O)NCC(C)C)c2c[nH]c3ccccc23)cc1. The number of amides is 1. The molecular formula is C23H28N2O2. The van der Waals surface area contributed by atoms with E-state index >= 15 is 0 Å². The van der Waals surface area contributed by atoms with E-state index in [2.05, 4.69) is 48.4 Å². The Morgan fingerprint density at radius 1 is 1.11 bits per heavy atom. The third-order valence-electron chi connectivity index (χ3n) is 4.69. The van der Waals surface area contributed by atoms with Gasteiger partial charge in [-0.05, 0) is 42.2 Å². The van der Waals surface area contributed by atoms with Crippen molar-refractivity contribution >= 4 is 16.8 Å². The van der Waals surface area contributed by atoms with Gasteiger partial charge in [0.1, 0.15) is 5.75 Å². The zero-order valence-corrected chi connectivity index (χ0v) is 16.3. The van der Waals surface area contributed by atoms with Crippen LogP contribution in [0.3, 0.4) is 0 Å². The summed E-state index contributed by atoms with van der Waals surface area (Å²) in [5, 5.41) is 4.21. The van der Waals surface area contributed by atoms with Crippen LogP contribution in [0.25, 0.3) is 10.9 Å². The maximum Gasteiger partial charge on any atom is 0.220 e. The average molecular weight is 364 g/mol. The second-order valence-electron chi connectivity index (χ2n) is 7.25. The Morgan fingerprint density at radius 2 is 1.85 bits per heavy atom. The van der Waals surface area contributed by atoms with Gasteiger partial charge in [0.15, 0.2) is 0 Å². The molecule has 0 spiro atoms. The molecule has 0 bridgehead atoms. The van der Waals surface area contributed by atoms with Gasteiger partial charge < -0.3 is 15.0 Å². The number of hydrogen-bond acceptors (Lipinski definition) is 2. The van der Waals surface area contributed by atoms with E-state index < -0.39 is 0 Å². The first-order chi connectivity index (χ1) is 13.1. The van der Waals surface area contributed by atoms with E-state index in [0.29, 0.717) is 25.5 Å². The maximum absolute atomic E-state index is 12.6. The summed E-state index contributed by atoms with van der Waals surface area (Å²) < 4.78 is 5.56. The van der Waals surface area contributed by atoms with Gasteiger partial charge in [-0.15, -0.1) is 0 Å². The lowest BCUT2D eigenvalue weighted by Crippen LogP contribution is -2.28. The lowest BCUT2D eigenvalue weighted by molar-refractivity contribution is -0.121. The zero-order chi connectivity index (χ0) is 19.2. The molecule has 0 fully saturated rings. The molecule has 142 valence electrons. The fourth-order valence-corrected chi connectivity index (χ4v) is 3.33. The molecule has 4 nitrogen and oxygen atoms in total. The molecule has 3 rings (SSSR count). The molecule has 0 aliphatic carbocycles. The van der Waals surface area contributed by atoms with Crippen LogP contribution in [0.2, 0.25) is 0 Å². The second-order valence-corrected chi connectivity index (χ2v) is 7.25. The number of hydrogen-bond donors (Lipinski definition) is 2. The molecule has 3 aromatic rings. The molecule has 1 atom stereocenters. The number of ether oxygens (including phenoxy) is 1. The summed E-state index contributed by atoms with van der Waals surface area (Å²) in [6.45, 7) is 7.51. The molecule has 2 N–H and O–H groups in total. The number of benzene rings is 2. The topological polar surface area (TPSA) is 54.1 Å². The highest BCUT2D eigenvalue weighted by molar-refractivity contribution is 5.86. The summed E-state index contributed by atoms with van der Waals surface area (Å²) in [6.07, 6.45) is 2.45. The minimum Gasteiger partial charge on any atom is -0.494 e. The van der Waals surface area contributed by atoms with Crippen molar-refractivity contribution in [2.24, 2.45) is 5.92 Å². The molecule has 1 aromatic heterocycles. The normalized spacial score (nSPS) is 12.3. The number of aromatic amines is 1. The Morgan fingerprint density at radius 3 is 2.56 bits per heavy atom. The monoisotopic (exact) mass is 364 g/mol. The number of nitrogens with one attached hydrogen (secondary N) is 2. The molecular weight excluding hydrogens is 336 g/mol. The lowest BCUT2D eigenvalue weighted by atomic mass is 9.88. The molecule has 27 heavy (non-hydrogen) atoms. The Kier molecular flexibility index (Phi) is 6.17. The molecule has 0 radical (unpaired) electrons. The average Bonchev–Trinajstić information content (AvgIpc) is 3.09. The van der Waals surface area contributed by atoms with E-state index in [1.807, 2.05) is 37.4 Å². The minimum atomic E-state index is -0.0102. The van der Waals surface area contributed by atoms with E-state index in [0.717, 1.165) is 27.8 Å². The Bertz CT molecular complexity index is 881. The van der Waals surface area contributed by atoms with E-state index in [-0.39, 0.29) is 11.8 Å². The van der Waals surface area contributed by atoms with Gasteiger partial charge in [-0.2, -0.15) is 0 Å². The molecule has 0 aliphatic rings. The highest BCUT2D eigenvalue weighted by Gasteiger charge is 2.21. The van der Waals surface area contributed by atoms with Crippen LogP contribution >= 0.6 is 0 Å². The van der Waals surface area contributed by atoms with E-state index in [1.54, 1.807) is 0 Å². The fraction of sp³-hybridized carbons (Fsp3) is 0.348. The summed E-state index contributed by atoms with van der Waals surface area (Å²) >= 11 is 0. The zero-order valence-electron chi connectivity index (χ0n) is 16.3. The van der Waals surface area contributed by atoms with Gasteiger partial charge in [-0.3, -0.25) is 4.79 Å². The molecule has 1 amide bonds. The van der Waals surface area contributed by atoms with Gasteiger partial charge in [0.25, 0.3) is 0 Å². The molecule has 0 unspecified atom stereocenters.